The van der Waals surface area contributed by atoms with E-state index in [4.69, 9.17) is 5.73 Å². The number of hydrogen-bond donors (Lipinski definition) is 4. The Morgan fingerprint density at radius 3 is 2.55 bits per heavy atom. The molecule has 0 saturated heterocycles. The molecule has 2 heterocycles. The molecule has 2 aromatic heterocycles. The molecule has 4 aromatic rings. The van der Waals surface area contributed by atoms with Gasteiger partial charge < -0.3 is 20.7 Å². The Balaban J connectivity index is 1.57. The Morgan fingerprint density at radius 2 is 1.84 bits per heavy atom. The largest absolute Gasteiger partial charge is 0.478 e. The van der Waals surface area contributed by atoms with Crippen LogP contribution in [0.15, 0.2) is 59.5 Å². The van der Waals surface area contributed by atoms with E-state index in [1.54, 1.807) is 48.7 Å². The third-order valence-electron chi connectivity index (χ3n) is 5.04. The number of nitrogens with zero attached hydrogens (tertiary/aromatic N) is 2. The van der Waals surface area contributed by atoms with Crippen LogP contribution in [0.5, 0.6) is 0 Å². The molecule has 2 aromatic carbocycles. The number of amides is 1. The minimum atomic E-state index is -1.10. The van der Waals surface area contributed by atoms with Crippen molar-refractivity contribution in [2.75, 3.05) is 17.7 Å². The molecule has 5 N–H and O–H groups in total. The number of aromatic nitrogens is 3. The minimum Gasteiger partial charge on any atom is -0.478 e. The van der Waals surface area contributed by atoms with Crippen molar-refractivity contribution < 1.29 is 14.7 Å². The van der Waals surface area contributed by atoms with Crippen LogP contribution in [0.25, 0.3) is 11.0 Å². The van der Waals surface area contributed by atoms with Crippen LogP contribution in [-0.2, 0) is 6.42 Å². The van der Waals surface area contributed by atoms with Crippen LogP contribution in [0.4, 0.5) is 11.6 Å². The number of hydrogen-bond acceptors (Lipinski definition) is 5. The molecule has 0 fully saturated rings. The molecule has 0 spiro atoms. The Kier molecular flexibility index (Phi) is 5.00. The highest BCUT2D eigenvalue weighted by molar-refractivity contribution is 6.09. The molecule has 0 aliphatic heterocycles. The first-order valence-corrected chi connectivity index (χ1v) is 9.40. The Hall–Kier alpha value is -4.40. The maximum absolute atomic E-state index is 12.9. The van der Waals surface area contributed by atoms with Crippen LogP contribution < -0.4 is 16.2 Å². The van der Waals surface area contributed by atoms with Gasteiger partial charge in [-0.05, 0) is 41.8 Å². The van der Waals surface area contributed by atoms with Gasteiger partial charge in [-0.25, -0.2) is 4.79 Å². The summed E-state index contributed by atoms with van der Waals surface area (Å²) < 4.78 is 0. The third-order valence-corrected chi connectivity index (χ3v) is 5.04. The first kappa shape index (κ1) is 19.9. The van der Waals surface area contributed by atoms with Crippen LogP contribution in [-0.4, -0.2) is 39.0 Å². The van der Waals surface area contributed by atoms with Crippen LogP contribution >= 0.6 is 0 Å². The monoisotopic (exact) mass is 417 g/mol. The van der Waals surface area contributed by atoms with Crippen LogP contribution in [0, 0.1) is 0 Å². The van der Waals surface area contributed by atoms with Crippen LogP contribution in [0.3, 0.4) is 0 Å². The molecule has 0 unspecified atom stereocenters. The molecule has 0 atom stereocenters. The summed E-state index contributed by atoms with van der Waals surface area (Å²) in [4.78, 5) is 47.3. The summed E-state index contributed by atoms with van der Waals surface area (Å²) in [6, 6.07) is 13.3. The lowest BCUT2D eigenvalue weighted by Gasteiger charge is -2.19. The highest BCUT2D eigenvalue weighted by atomic mass is 16.4. The first-order valence-electron chi connectivity index (χ1n) is 9.40. The minimum absolute atomic E-state index is 0.0438. The molecule has 0 radical (unpaired) electrons. The van der Waals surface area contributed by atoms with Crippen molar-refractivity contribution in [3.05, 3.63) is 87.3 Å². The third kappa shape index (κ3) is 3.76. The van der Waals surface area contributed by atoms with E-state index >= 15 is 0 Å². The van der Waals surface area contributed by atoms with Crippen molar-refractivity contribution >= 4 is 34.5 Å². The average Bonchev–Trinajstić information content (AvgIpc) is 3.15. The zero-order valence-electron chi connectivity index (χ0n) is 16.5. The predicted molar refractivity (Wildman–Crippen MR) is 117 cm³/mol. The second-order valence-corrected chi connectivity index (χ2v) is 7.05. The first-order chi connectivity index (χ1) is 14.8. The number of aromatic carboxylic acids is 1. The molecule has 9 nitrogen and oxygen atoms in total. The number of fused-ring (bicyclic) bond motifs is 1. The SMILES string of the molecule is CN(C(=O)c1ccc(Cc2c[nH]c3nc(N)[nH]c(=O)c23)cc1)c1ccccc1C(=O)O. The van der Waals surface area contributed by atoms with Gasteiger partial charge in [-0.15, -0.1) is 0 Å². The molecule has 0 aliphatic carbocycles. The number of carboxylic acids is 1. The summed E-state index contributed by atoms with van der Waals surface area (Å²) in [5.41, 5.74) is 8.10. The molecule has 156 valence electrons. The standard InChI is InChI=1S/C22H19N5O4/c1-27(16-5-3-2-4-15(16)21(30)31)20(29)13-8-6-12(7-9-13)10-14-11-24-18-17(14)19(28)26-22(23)25-18/h2-9,11H,10H2,1H3,(H,30,31)(H4,23,24,25,26,28). The lowest BCUT2D eigenvalue weighted by molar-refractivity contribution is 0.0697. The van der Waals surface area contributed by atoms with E-state index in [1.165, 1.54) is 18.0 Å². The van der Waals surface area contributed by atoms with E-state index in [9.17, 15) is 19.5 Å². The number of anilines is 2. The number of rotatable bonds is 5. The molecule has 0 bridgehead atoms. The topological polar surface area (TPSA) is 145 Å². The number of nitrogen functional groups attached to an aromatic ring is 1. The van der Waals surface area contributed by atoms with Crippen molar-refractivity contribution in [2.24, 2.45) is 0 Å². The fourth-order valence-electron chi connectivity index (χ4n) is 3.50. The molecule has 0 aliphatic rings. The van der Waals surface area contributed by atoms with Gasteiger partial charge >= 0.3 is 5.97 Å². The number of benzene rings is 2. The number of para-hydroxylation sites is 1. The van der Waals surface area contributed by atoms with Crippen molar-refractivity contribution in [2.45, 2.75) is 6.42 Å². The zero-order valence-corrected chi connectivity index (χ0v) is 16.5. The van der Waals surface area contributed by atoms with Gasteiger partial charge in [0, 0.05) is 18.8 Å². The van der Waals surface area contributed by atoms with Gasteiger partial charge in [0.1, 0.15) is 5.65 Å². The van der Waals surface area contributed by atoms with E-state index in [0.29, 0.717) is 28.7 Å². The van der Waals surface area contributed by atoms with Crippen LogP contribution in [0.1, 0.15) is 31.8 Å². The van der Waals surface area contributed by atoms with Gasteiger partial charge in [0.2, 0.25) is 5.95 Å². The number of nitrogens with two attached hydrogens (primary N) is 1. The lowest BCUT2D eigenvalue weighted by Crippen LogP contribution is -2.27. The molecule has 31 heavy (non-hydrogen) atoms. The van der Waals surface area contributed by atoms with Crippen molar-refractivity contribution in [1.82, 2.24) is 15.0 Å². The lowest BCUT2D eigenvalue weighted by atomic mass is 10.0. The van der Waals surface area contributed by atoms with E-state index in [-0.39, 0.29) is 23.0 Å². The van der Waals surface area contributed by atoms with Crippen molar-refractivity contribution in [3.8, 4) is 0 Å². The van der Waals surface area contributed by atoms with Gasteiger partial charge in [-0.3, -0.25) is 14.6 Å². The van der Waals surface area contributed by atoms with E-state index in [2.05, 4.69) is 15.0 Å². The number of carboxylic acid groups (broad SMARTS) is 1. The second kappa shape index (κ2) is 7.79. The van der Waals surface area contributed by atoms with Crippen molar-refractivity contribution in [1.29, 1.82) is 0 Å². The molecule has 1 amide bonds. The quantitative estimate of drug-likeness (QED) is 0.392. The molecule has 4 rings (SSSR count). The Labute approximate surface area is 176 Å². The summed E-state index contributed by atoms with van der Waals surface area (Å²) in [5.74, 6) is -1.39. The summed E-state index contributed by atoms with van der Waals surface area (Å²) >= 11 is 0. The number of carbonyl (C=O) groups excluding carboxylic acids is 1. The molecule has 0 saturated carbocycles. The van der Waals surface area contributed by atoms with Gasteiger partial charge in [-0.2, -0.15) is 4.98 Å². The van der Waals surface area contributed by atoms with E-state index in [1.807, 2.05) is 0 Å². The summed E-state index contributed by atoms with van der Waals surface area (Å²) in [6.07, 6.45) is 2.17. The average molecular weight is 417 g/mol. The molecular formula is C22H19N5O4. The maximum atomic E-state index is 12.9. The smallest absolute Gasteiger partial charge is 0.337 e. The molecular weight excluding hydrogens is 398 g/mol. The Morgan fingerprint density at radius 1 is 1.13 bits per heavy atom. The fraction of sp³-hybridized carbons (Fsp3) is 0.0909. The summed E-state index contributed by atoms with van der Waals surface area (Å²) in [5, 5.41) is 9.80. The highest BCUT2D eigenvalue weighted by Crippen LogP contribution is 2.22. The number of carbonyl (C=O) groups is 2. The predicted octanol–water partition coefficient (Wildman–Crippen LogP) is 2.40. The van der Waals surface area contributed by atoms with Gasteiger partial charge in [0.25, 0.3) is 11.5 Å². The summed E-state index contributed by atoms with van der Waals surface area (Å²) in [6.45, 7) is 0. The fourth-order valence-corrected chi connectivity index (χ4v) is 3.50. The summed E-state index contributed by atoms with van der Waals surface area (Å²) in [7, 11) is 1.54. The highest BCUT2D eigenvalue weighted by Gasteiger charge is 2.19. The number of nitrogens with one attached hydrogen (secondary N) is 2. The van der Waals surface area contributed by atoms with Gasteiger partial charge in [0.15, 0.2) is 0 Å². The van der Waals surface area contributed by atoms with Gasteiger partial charge in [0.05, 0.1) is 16.6 Å². The maximum Gasteiger partial charge on any atom is 0.337 e. The number of H-pyrrole nitrogens is 2. The van der Waals surface area contributed by atoms with Gasteiger partial charge in [-0.1, -0.05) is 24.3 Å². The number of aromatic amines is 2. The zero-order chi connectivity index (χ0) is 22.1. The molecule has 9 heteroatoms. The van der Waals surface area contributed by atoms with E-state index in [0.717, 1.165) is 11.1 Å². The van der Waals surface area contributed by atoms with Crippen LogP contribution in [0.2, 0.25) is 0 Å². The van der Waals surface area contributed by atoms with Crippen molar-refractivity contribution in [3.63, 3.8) is 0 Å². The second-order valence-electron chi connectivity index (χ2n) is 7.05. The Bertz CT molecular complexity index is 1350. The normalized spacial score (nSPS) is 10.9. The van der Waals surface area contributed by atoms with E-state index < -0.39 is 5.97 Å².